The number of rotatable bonds is 8. The van der Waals surface area contributed by atoms with Crippen molar-refractivity contribution in [2.24, 2.45) is 0 Å². The minimum Gasteiger partial charge on any atom is -0.760 e. The van der Waals surface area contributed by atoms with E-state index in [1.807, 2.05) is 12.1 Å². The molecule has 0 saturated carbocycles. The van der Waals surface area contributed by atoms with E-state index in [-0.39, 0.29) is 19.0 Å². The molecule has 2 heterocycles. The van der Waals surface area contributed by atoms with Crippen LogP contribution in [0.15, 0.2) is 36.8 Å². The maximum absolute atomic E-state index is 10.4. The van der Waals surface area contributed by atoms with Crippen molar-refractivity contribution < 1.29 is 18.2 Å². The van der Waals surface area contributed by atoms with Crippen LogP contribution in [0.3, 0.4) is 0 Å². The van der Waals surface area contributed by atoms with Gasteiger partial charge in [-0.15, -0.1) is 12.4 Å². The molecule has 0 fully saturated rings. The Bertz CT molecular complexity index is 958. The zero-order chi connectivity index (χ0) is 19.2. The second-order valence-electron chi connectivity index (χ2n) is 5.43. The Morgan fingerprint density at radius 1 is 1.07 bits per heavy atom. The van der Waals surface area contributed by atoms with E-state index >= 15 is 0 Å². The van der Waals surface area contributed by atoms with Crippen molar-refractivity contribution in [3.8, 4) is 22.8 Å². The highest BCUT2D eigenvalue weighted by Gasteiger charge is 2.12. The number of nitrogens with zero attached hydrogens (tertiary/aromatic N) is 3. The number of nitrogens with one attached hydrogen (secondary N) is 2. The van der Waals surface area contributed by atoms with Gasteiger partial charge in [0.2, 0.25) is 0 Å². The molecule has 3 aromatic rings. The Labute approximate surface area is 170 Å². The second-order valence-corrected chi connectivity index (χ2v) is 6.19. The first-order valence-electron chi connectivity index (χ1n) is 8.02. The average Bonchev–Trinajstić information content (AvgIpc) is 2.70. The molecule has 0 aliphatic heterocycles. The number of pyridine rings is 1. The zero-order valence-corrected chi connectivity index (χ0v) is 16.8. The summed E-state index contributed by atoms with van der Waals surface area (Å²) in [5, 5.41) is 3.85. The highest BCUT2D eigenvalue weighted by Crippen LogP contribution is 2.35. The van der Waals surface area contributed by atoms with Crippen LogP contribution < -0.4 is 19.5 Å². The number of aromatic nitrogens is 3. The first-order chi connectivity index (χ1) is 13.1. The van der Waals surface area contributed by atoms with E-state index in [1.165, 1.54) is 6.33 Å². The van der Waals surface area contributed by atoms with E-state index in [1.54, 1.807) is 32.5 Å². The summed E-state index contributed by atoms with van der Waals surface area (Å²) in [6, 6.07) is 7.32. The van der Waals surface area contributed by atoms with Gasteiger partial charge in [-0.25, -0.2) is 19.7 Å². The molecule has 0 spiro atoms. The van der Waals surface area contributed by atoms with Gasteiger partial charge in [0.1, 0.15) is 12.1 Å². The van der Waals surface area contributed by atoms with Gasteiger partial charge < -0.3 is 19.3 Å². The van der Waals surface area contributed by atoms with Crippen LogP contribution in [-0.2, 0) is 11.3 Å². The van der Waals surface area contributed by atoms with E-state index in [4.69, 9.17) is 9.47 Å². The number of ether oxygens (including phenoxy) is 2. The van der Waals surface area contributed by atoms with Gasteiger partial charge in [-0.2, -0.15) is 0 Å². The summed E-state index contributed by atoms with van der Waals surface area (Å²) in [6.07, 6.45) is 3.18. The lowest BCUT2D eigenvalue weighted by molar-refractivity contribution is 0.356. The minimum atomic E-state index is -2.26. The monoisotopic (exact) mass is 424 g/mol. The number of halogens is 1. The van der Waals surface area contributed by atoms with E-state index in [0.29, 0.717) is 23.9 Å². The predicted molar refractivity (Wildman–Crippen MR) is 109 cm³/mol. The van der Waals surface area contributed by atoms with Crippen molar-refractivity contribution in [3.05, 3.63) is 36.8 Å². The van der Waals surface area contributed by atoms with Crippen LogP contribution >= 0.6 is 12.4 Å². The largest absolute Gasteiger partial charge is 0.760 e. The molecule has 28 heavy (non-hydrogen) atoms. The van der Waals surface area contributed by atoms with Crippen molar-refractivity contribution in [2.75, 3.05) is 32.6 Å². The predicted octanol–water partition coefficient (Wildman–Crippen LogP) is 1.93. The van der Waals surface area contributed by atoms with Gasteiger partial charge in [-0.3, -0.25) is 4.21 Å². The fourth-order valence-electron chi connectivity index (χ4n) is 2.58. The van der Waals surface area contributed by atoms with Gasteiger partial charge in [0.15, 0.2) is 11.5 Å². The number of anilines is 1. The molecule has 0 aliphatic carbocycles. The van der Waals surface area contributed by atoms with Gasteiger partial charge in [-0.1, -0.05) is 0 Å². The quantitative estimate of drug-likeness (QED) is 0.415. The van der Waals surface area contributed by atoms with Crippen molar-refractivity contribution in [1.29, 1.82) is 0 Å². The molecule has 2 N–H and O–H groups in total. The highest BCUT2D eigenvalue weighted by molar-refractivity contribution is 7.77. The smallest absolute Gasteiger partial charge is 0.162 e. The summed E-state index contributed by atoms with van der Waals surface area (Å²) < 4.78 is 33.8. The molecule has 0 bridgehead atoms. The fraction of sp³-hybridized carbons (Fsp3) is 0.235. The molecule has 150 valence electrons. The lowest BCUT2D eigenvalue weighted by Crippen LogP contribution is -2.24. The molecule has 0 amide bonds. The Balaban J connectivity index is 0.00000280. The molecule has 0 radical (unpaired) electrons. The lowest BCUT2D eigenvalue weighted by Gasteiger charge is -2.11. The number of benzene rings is 1. The van der Waals surface area contributed by atoms with Gasteiger partial charge in [0, 0.05) is 47.6 Å². The number of hydrogen-bond acceptors (Lipinski definition) is 8. The van der Waals surface area contributed by atoms with E-state index in [9.17, 15) is 8.76 Å². The third-order valence-electron chi connectivity index (χ3n) is 3.83. The summed E-state index contributed by atoms with van der Waals surface area (Å²) in [5.74, 6) is 1.82. The molecular formula is C17H19ClN5O4S-. The first kappa shape index (κ1) is 21.8. The molecular weight excluding hydrogens is 406 g/mol. The normalized spacial score (nSPS) is 11.5. The summed E-state index contributed by atoms with van der Waals surface area (Å²) in [4.78, 5) is 13.0. The first-order valence-corrected chi connectivity index (χ1v) is 9.09. The number of hydrogen-bond donors (Lipinski definition) is 2. The Morgan fingerprint density at radius 2 is 1.82 bits per heavy atom. The van der Waals surface area contributed by atoms with E-state index < -0.39 is 11.3 Å². The maximum atomic E-state index is 10.4. The highest BCUT2D eigenvalue weighted by atomic mass is 35.5. The maximum Gasteiger partial charge on any atom is 0.162 e. The van der Waals surface area contributed by atoms with Crippen LogP contribution in [0.1, 0.15) is 0 Å². The molecule has 1 unspecified atom stereocenters. The van der Waals surface area contributed by atoms with Crippen molar-refractivity contribution in [3.63, 3.8) is 0 Å². The molecule has 0 saturated heterocycles. The molecule has 1 aromatic carbocycles. The van der Waals surface area contributed by atoms with E-state index in [0.717, 1.165) is 22.2 Å². The van der Waals surface area contributed by atoms with Crippen LogP contribution in [-0.4, -0.2) is 51.0 Å². The standard InChI is InChI=1S/C17H19N5O4S.ClH/c1-25-14-7-12-13(8-15(14)26-2)20-10-21-17(12)11-3-4-16(19-9-11)18-5-6-22-27(23)24;/h3-4,7-10,22H,5-6H2,1-2H3,(H,18,19)(H,23,24);1H/p-1. The third kappa shape index (κ3) is 5.04. The molecule has 0 aliphatic rings. The van der Waals surface area contributed by atoms with Crippen molar-refractivity contribution in [1.82, 2.24) is 19.7 Å². The molecule has 1 atom stereocenters. The Morgan fingerprint density at radius 3 is 2.46 bits per heavy atom. The van der Waals surface area contributed by atoms with Gasteiger partial charge in [-0.05, 0) is 18.2 Å². The number of fused-ring (bicyclic) bond motifs is 1. The summed E-state index contributed by atoms with van der Waals surface area (Å²) in [5.41, 5.74) is 2.28. The molecule has 2 aromatic heterocycles. The lowest BCUT2D eigenvalue weighted by atomic mass is 10.1. The Hall–Kier alpha value is -2.53. The van der Waals surface area contributed by atoms with Gasteiger partial charge in [0.05, 0.1) is 25.4 Å². The molecule has 3 rings (SSSR count). The second kappa shape index (κ2) is 10.1. The zero-order valence-electron chi connectivity index (χ0n) is 15.2. The van der Waals surface area contributed by atoms with Crippen LogP contribution in [0.2, 0.25) is 0 Å². The van der Waals surface area contributed by atoms with Crippen molar-refractivity contribution >= 4 is 40.4 Å². The Kier molecular flexibility index (Phi) is 7.88. The number of methoxy groups -OCH3 is 2. The summed E-state index contributed by atoms with van der Waals surface area (Å²) in [7, 11) is 3.15. The summed E-state index contributed by atoms with van der Waals surface area (Å²) in [6.45, 7) is 0.700. The van der Waals surface area contributed by atoms with Crippen LogP contribution in [0, 0.1) is 0 Å². The topological polar surface area (TPSA) is 121 Å². The SMILES string of the molecule is COc1cc2ncnc(-c3ccc(NCCNS(=O)[O-])nc3)c2cc1OC.Cl. The van der Waals surface area contributed by atoms with Crippen LogP contribution in [0.5, 0.6) is 11.5 Å². The van der Waals surface area contributed by atoms with Crippen LogP contribution in [0.4, 0.5) is 5.82 Å². The van der Waals surface area contributed by atoms with Gasteiger partial charge >= 0.3 is 0 Å². The summed E-state index contributed by atoms with van der Waals surface area (Å²) >= 11 is -2.26. The van der Waals surface area contributed by atoms with Gasteiger partial charge in [0.25, 0.3) is 0 Å². The van der Waals surface area contributed by atoms with Crippen LogP contribution in [0.25, 0.3) is 22.2 Å². The molecule has 11 heteroatoms. The molecule has 9 nitrogen and oxygen atoms in total. The minimum absolute atomic E-state index is 0. The average molecular weight is 425 g/mol. The third-order valence-corrected chi connectivity index (χ3v) is 4.27. The fourth-order valence-corrected chi connectivity index (χ4v) is 2.85. The van der Waals surface area contributed by atoms with Crippen molar-refractivity contribution in [2.45, 2.75) is 0 Å². The van der Waals surface area contributed by atoms with E-state index in [2.05, 4.69) is 25.0 Å².